The van der Waals surface area contributed by atoms with Gasteiger partial charge in [-0.25, -0.2) is 0 Å². The third kappa shape index (κ3) is 6.25. The maximum Gasteiger partial charge on any atom is 0.286 e. The van der Waals surface area contributed by atoms with Gasteiger partial charge in [0.2, 0.25) is 15.9 Å². The van der Waals surface area contributed by atoms with Crippen molar-refractivity contribution in [2.24, 2.45) is 5.92 Å². The Balaban J connectivity index is 1.29. The summed E-state index contributed by atoms with van der Waals surface area (Å²) in [5, 5.41) is 13.9. The predicted octanol–water partition coefficient (Wildman–Crippen LogP) is 3.65. The molecule has 1 saturated heterocycles. The quantitative estimate of drug-likeness (QED) is 0.605. The average Bonchev–Trinajstić information content (AvgIpc) is 3.35. The Morgan fingerprint density at radius 3 is 2.67 bits per heavy atom. The molecule has 2 aliphatic rings. The standard InChI is InChI=1S/C24H29N5O3S/c30-20(25-14-13-17-8-3-1-4-9-17)18-10-7-15-29(16-18)24(32)23-28-27-22(33-23)21(31)26-19-11-5-2-6-12-19/h2,5-6,8,11-12,18H,1,3-4,7,9-10,13-16H2,(H,25,30)(H,26,31)/t18-/m1/s1. The highest BCUT2D eigenvalue weighted by Crippen LogP contribution is 2.22. The molecule has 2 aromatic rings. The molecular formula is C24H29N5O3S. The van der Waals surface area contributed by atoms with Crippen molar-refractivity contribution in [3.05, 3.63) is 52.0 Å². The van der Waals surface area contributed by atoms with Gasteiger partial charge >= 0.3 is 0 Å². The van der Waals surface area contributed by atoms with Gasteiger partial charge in [-0.1, -0.05) is 41.2 Å². The molecule has 33 heavy (non-hydrogen) atoms. The summed E-state index contributed by atoms with van der Waals surface area (Å²) in [6.45, 7) is 1.57. The Morgan fingerprint density at radius 1 is 1.06 bits per heavy atom. The van der Waals surface area contributed by atoms with E-state index >= 15 is 0 Å². The molecule has 1 atom stereocenters. The number of rotatable bonds is 7. The molecule has 8 nitrogen and oxygen atoms in total. The first-order valence-corrected chi connectivity index (χ1v) is 12.4. The third-order valence-corrected chi connectivity index (χ3v) is 6.95. The number of anilines is 1. The minimum Gasteiger partial charge on any atom is -0.355 e. The van der Waals surface area contributed by atoms with Crippen LogP contribution in [0.1, 0.15) is 64.6 Å². The fraction of sp³-hybridized carbons (Fsp3) is 0.458. The molecule has 1 aliphatic heterocycles. The molecule has 9 heteroatoms. The van der Waals surface area contributed by atoms with Gasteiger partial charge in [0.05, 0.1) is 5.92 Å². The zero-order valence-corrected chi connectivity index (χ0v) is 19.4. The third-order valence-electron chi connectivity index (χ3n) is 6.04. The summed E-state index contributed by atoms with van der Waals surface area (Å²) in [6, 6.07) is 9.05. The van der Waals surface area contributed by atoms with Crippen molar-refractivity contribution in [3.8, 4) is 0 Å². The molecule has 3 amide bonds. The van der Waals surface area contributed by atoms with Crippen molar-refractivity contribution in [2.45, 2.75) is 44.9 Å². The van der Waals surface area contributed by atoms with Crippen molar-refractivity contribution in [1.82, 2.24) is 20.4 Å². The van der Waals surface area contributed by atoms with E-state index in [1.54, 1.807) is 17.0 Å². The van der Waals surface area contributed by atoms with Gasteiger partial charge in [-0.3, -0.25) is 14.4 Å². The van der Waals surface area contributed by atoms with Crippen LogP contribution in [-0.4, -0.2) is 52.5 Å². The van der Waals surface area contributed by atoms with E-state index in [0.29, 0.717) is 25.3 Å². The molecule has 174 valence electrons. The highest BCUT2D eigenvalue weighted by Gasteiger charge is 2.30. The summed E-state index contributed by atoms with van der Waals surface area (Å²) in [5.74, 6) is -0.904. The first-order chi connectivity index (χ1) is 16.1. The van der Waals surface area contributed by atoms with E-state index in [1.165, 1.54) is 18.4 Å². The van der Waals surface area contributed by atoms with Crippen LogP contribution in [0.25, 0.3) is 0 Å². The lowest BCUT2D eigenvalue weighted by Crippen LogP contribution is -2.45. The Bertz CT molecular complexity index is 1020. The van der Waals surface area contributed by atoms with Crippen LogP contribution in [0.15, 0.2) is 42.0 Å². The number of benzene rings is 1. The number of allylic oxidation sites excluding steroid dienone is 1. The lowest BCUT2D eigenvalue weighted by molar-refractivity contribution is -0.126. The van der Waals surface area contributed by atoms with Crippen LogP contribution in [0.5, 0.6) is 0 Å². The smallest absolute Gasteiger partial charge is 0.286 e. The Labute approximate surface area is 197 Å². The van der Waals surface area contributed by atoms with Crippen LogP contribution in [-0.2, 0) is 4.79 Å². The van der Waals surface area contributed by atoms with Gasteiger partial charge < -0.3 is 15.5 Å². The number of para-hydroxylation sites is 1. The van der Waals surface area contributed by atoms with Crippen molar-refractivity contribution in [1.29, 1.82) is 0 Å². The number of nitrogens with one attached hydrogen (secondary N) is 2. The molecule has 1 aliphatic carbocycles. The maximum absolute atomic E-state index is 12.9. The molecular weight excluding hydrogens is 438 g/mol. The fourth-order valence-electron chi connectivity index (χ4n) is 4.24. The summed E-state index contributed by atoms with van der Waals surface area (Å²) in [7, 11) is 0. The van der Waals surface area contributed by atoms with E-state index in [4.69, 9.17) is 0 Å². The van der Waals surface area contributed by atoms with Gasteiger partial charge in [0.1, 0.15) is 0 Å². The van der Waals surface area contributed by atoms with Gasteiger partial charge in [0.15, 0.2) is 0 Å². The van der Waals surface area contributed by atoms with Gasteiger partial charge in [-0.15, -0.1) is 10.2 Å². The normalized spacial score (nSPS) is 18.4. The Morgan fingerprint density at radius 2 is 1.88 bits per heavy atom. The first kappa shape index (κ1) is 23.1. The van der Waals surface area contributed by atoms with E-state index in [1.807, 2.05) is 18.2 Å². The number of aromatic nitrogens is 2. The number of likely N-dealkylation sites (tertiary alicyclic amines) is 1. The monoisotopic (exact) mass is 467 g/mol. The number of piperidine rings is 1. The van der Waals surface area contributed by atoms with E-state index in [9.17, 15) is 14.4 Å². The van der Waals surface area contributed by atoms with Crippen molar-refractivity contribution >= 4 is 34.7 Å². The van der Waals surface area contributed by atoms with Crippen LogP contribution in [0.3, 0.4) is 0 Å². The minimum atomic E-state index is -0.401. The van der Waals surface area contributed by atoms with E-state index in [0.717, 1.165) is 43.4 Å². The maximum atomic E-state index is 12.9. The Hall–Kier alpha value is -3.07. The minimum absolute atomic E-state index is 0.00380. The van der Waals surface area contributed by atoms with Crippen LogP contribution >= 0.6 is 11.3 Å². The van der Waals surface area contributed by atoms with Crippen LogP contribution in [0, 0.1) is 5.92 Å². The van der Waals surface area contributed by atoms with Crippen LogP contribution < -0.4 is 10.6 Å². The predicted molar refractivity (Wildman–Crippen MR) is 127 cm³/mol. The molecule has 0 bridgehead atoms. The SMILES string of the molecule is O=C(Nc1ccccc1)c1nnc(C(=O)N2CCC[C@@H](C(=O)NCCC3=CCCCC3)C2)s1. The molecule has 0 spiro atoms. The van der Waals surface area contributed by atoms with Gasteiger partial charge in [0, 0.05) is 25.3 Å². The second-order valence-electron chi connectivity index (χ2n) is 8.47. The summed E-state index contributed by atoms with van der Waals surface area (Å²) < 4.78 is 0. The van der Waals surface area contributed by atoms with Gasteiger partial charge in [-0.05, 0) is 57.1 Å². The number of hydrogen-bond acceptors (Lipinski definition) is 6. The van der Waals surface area contributed by atoms with Crippen LogP contribution in [0.2, 0.25) is 0 Å². The molecule has 0 unspecified atom stereocenters. The molecule has 0 saturated carbocycles. The van der Waals surface area contributed by atoms with Gasteiger partial charge in [-0.2, -0.15) is 0 Å². The summed E-state index contributed by atoms with van der Waals surface area (Å²) >= 11 is 0.969. The molecule has 2 N–H and O–H groups in total. The summed E-state index contributed by atoms with van der Waals surface area (Å²) in [6.07, 6.45) is 9.50. The molecule has 1 fully saturated rings. The molecule has 2 heterocycles. The van der Waals surface area contributed by atoms with E-state index in [-0.39, 0.29) is 27.7 Å². The van der Waals surface area contributed by atoms with Crippen molar-refractivity contribution in [2.75, 3.05) is 25.0 Å². The molecule has 1 aromatic carbocycles. The zero-order valence-electron chi connectivity index (χ0n) is 18.6. The molecule has 1 aromatic heterocycles. The lowest BCUT2D eigenvalue weighted by Gasteiger charge is -2.31. The van der Waals surface area contributed by atoms with Crippen LogP contribution in [0.4, 0.5) is 5.69 Å². The largest absolute Gasteiger partial charge is 0.355 e. The summed E-state index contributed by atoms with van der Waals surface area (Å²) in [4.78, 5) is 39.7. The number of carbonyl (C=O) groups excluding carboxylic acids is 3. The summed E-state index contributed by atoms with van der Waals surface area (Å²) in [5.41, 5.74) is 2.08. The lowest BCUT2D eigenvalue weighted by atomic mass is 9.96. The average molecular weight is 468 g/mol. The van der Waals surface area contributed by atoms with Crippen molar-refractivity contribution in [3.63, 3.8) is 0 Å². The van der Waals surface area contributed by atoms with E-state index < -0.39 is 5.91 Å². The number of hydrogen-bond donors (Lipinski definition) is 2. The number of amides is 3. The second-order valence-corrected chi connectivity index (χ2v) is 9.45. The van der Waals surface area contributed by atoms with E-state index in [2.05, 4.69) is 26.9 Å². The number of carbonyl (C=O) groups is 3. The highest BCUT2D eigenvalue weighted by atomic mass is 32.1. The number of nitrogens with zero attached hydrogens (tertiary/aromatic N) is 3. The molecule has 4 rings (SSSR count). The first-order valence-electron chi connectivity index (χ1n) is 11.5. The van der Waals surface area contributed by atoms with Crippen molar-refractivity contribution < 1.29 is 14.4 Å². The Kier molecular flexibility index (Phi) is 7.83. The topological polar surface area (TPSA) is 104 Å². The zero-order chi connectivity index (χ0) is 23.0. The highest BCUT2D eigenvalue weighted by molar-refractivity contribution is 7.15. The fourth-order valence-corrected chi connectivity index (χ4v) is 4.95. The molecule has 0 radical (unpaired) electrons. The second kappa shape index (κ2) is 11.2. The van der Waals surface area contributed by atoms with Gasteiger partial charge in [0.25, 0.3) is 11.8 Å².